The zero-order valence-corrected chi connectivity index (χ0v) is 14.5. The van der Waals surface area contributed by atoms with Crippen molar-refractivity contribution in [2.24, 2.45) is 5.92 Å². The molecule has 24 heavy (non-hydrogen) atoms. The number of hydrogen-bond donors (Lipinski definition) is 0. The highest BCUT2D eigenvalue weighted by atomic mass is 35.5. The van der Waals surface area contributed by atoms with Crippen molar-refractivity contribution in [3.05, 3.63) is 59.4 Å². The van der Waals surface area contributed by atoms with E-state index in [9.17, 15) is 4.79 Å². The van der Waals surface area contributed by atoms with Crippen LogP contribution in [0.4, 0.5) is 0 Å². The Hall–Kier alpha value is -2.07. The first-order valence-corrected chi connectivity index (χ1v) is 8.67. The van der Waals surface area contributed by atoms with Gasteiger partial charge in [0.25, 0.3) is 5.91 Å². The molecular weight excluding hydrogens is 324 g/mol. The van der Waals surface area contributed by atoms with E-state index in [1.54, 1.807) is 13.3 Å². The van der Waals surface area contributed by atoms with Crippen LogP contribution < -0.4 is 4.74 Å². The maximum atomic E-state index is 13.0. The first-order chi connectivity index (χ1) is 11.7. The molecule has 1 aliphatic heterocycles. The van der Waals surface area contributed by atoms with Crippen LogP contribution in [0.2, 0.25) is 0 Å². The molecule has 1 unspecified atom stereocenters. The molecule has 0 saturated heterocycles. The van der Waals surface area contributed by atoms with Crippen LogP contribution in [-0.2, 0) is 13.0 Å². The second-order valence-electron chi connectivity index (χ2n) is 6.04. The first kappa shape index (κ1) is 16.8. The topological polar surface area (TPSA) is 42.4 Å². The van der Waals surface area contributed by atoms with Crippen molar-refractivity contribution in [3.63, 3.8) is 0 Å². The molecule has 0 N–H and O–H groups in total. The number of rotatable bonds is 5. The van der Waals surface area contributed by atoms with Crippen molar-refractivity contribution < 1.29 is 9.53 Å². The van der Waals surface area contributed by atoms with Crippen LogP contribution in [0.15, 0.2) is 42.6 Å². The summed E-state index contributed by atoms with van der Waals surface area (Å²) in [4.78, 5) is 19.3. The maximum Gasteiger partial charge on any atom is 0.256 e. The summed E-state index contributed by atoms with van der Waals surface area (Å²) >= 11 is 5.96. The van der Waals surface area contributed by atoms with Gasteiger partial charge >= 0.3 is 0 Å². The lowest BCUT2D eigenvalue weighted by atomic mass is 9.99. The monoisotopic (exact) mass is 344 g/mol. The molecule has 4 nitrogen and oxygen atoms in total. The van der Waals surface area contributed by atoms with Crippen LogP contribution in [0.3, 0.4) is 0 Å². The zero-order valence-electron chi connectivity index (χ0n) is 13.7. The van der Waals surface area contributed by atoms with Gasteiger partial charge in [0.2, 0.25) is 0 Å². The molecule has 126 valence electrons. The van der Waals surface area contributed by atoms with E-state index < -0.39 is 0 Å². The largest absolute Gasteiger partial charge is 0.496 e. The van der Waals surface area contributed by atoms with E-state index in [0.29, 0.717) is 30.5 Å². The quantitative estimate of drug-likeness (QED) is 0.779. The number of alkyl halides is 1. The van der Waals surface area contributed by atoms with Gasteiger partial charge in [-0.15, -0.1) is 11.6 Å². The molecule has 1 aliphatic rings. The molecule has 0 aliphatic carbocycles. The van der Waals surface area contributed by atoms with E-state index in [0.717, 1.165) is 29.8 Å². The number of halogens is 1. The fraction of sp³-hybridized carbons (Fsp3) is 0.368. The summed E-state index contributed by atoms with van der Waals surface area (Å²) in [5.74, 6) is 1.73. The minimum absolute atomic E-state index is 0.0288. The average molecular weight is 345 g/mol. The van der Waals surface area contributed by atoms with Crippen molar-refractivity contribution in [2.45, 2.75) is 19.4 Å². The Bertz CT molecular complexity index is 720. The lowest BCUT2D eigenvalue weighted by Crippen LogP contribution is -2.33. The molecular formula is C19H21ClN2O2. The second kappa shape index (κ2) is 7.67. The van der Waals surface area contributed by atoms with Gasteiger partial charge in [-0.3, -0.25) is 9.78 Å². The molecule has 1 aromatic heterocycles. The molecule has 1 amide bonds. The predicted molar refractivity (Wildman–Crippen MR) is 94.5 cm³/mol. The van der Waals surface area contributed by atoms with Crippen LogP contribution in [0.5, 0.6) is 5.75 Å². The van der Waals surface area contributed by atoms with Crippen LogP contribution in [0.1, 0.15) is 28.0 Å². The number of amides is 1. The fourth-order valence-corrected chi connectivity index (χ4v) is 3.53. The van der Waals surface area contributed by atoms with E-state index in [1.165, 1.54) is 0 Å². The van der Waals surface area contributed by atoms with Crippen molar-refractivity contribution in [2.75, 3.05) is 19.5 Å². The lowest BCUT2D eigenvalue weighted by Gasteiger charge is -2.25. The Labute approximate surface area is 147 Å². The third kappa shape index (κ3) is 3.54. The summed E-state index contributed by atoms with van der Waals surface area (Å²) in [6, 6.07) is 11.5. The zero-order chi connectivity index (χ0) is 16.9. The standard InChI is InChI=1S/C19H21ClN2O2/c1-24-18-7-3-2-5-15(18)13-22-12-14(8-9-20)11-17-16(19(22)23)6-4-10-21-17/h2-7,10,14H,8-9,11-13H2,1H3. The number of pyridine rings is 1. The van der Waals surface area contributed by atoms with Crippen molar-refractivity contribution in [1.82, 2.24) is 9.88 Å². The number of ether oxygens (including phenoxy) is 1. The molecule has 5 heteroatoms. The van der Waals surface area contributed by atoms with Gasteiger partial charge in [0.1, 0.15) is 5.75 Å². The molecule has 0 fully saturated rings. The highest BCUT2D eigenvalue weighted by molar-refractivity contribution is 6.17. The average Bonchev–Trinajstić information content (AvgIpc) is 2.73. The van der Waals surface area contributed by atoms with Gasteiger partial charge in [0.05, 0.1) is 18.4 Å². The second-order valence-corrected chi connectivity index (χ2v) is 6.42. The SMILES string of the molecule is COc1ccccc1CN1CC(CCCl)Cc2ncccc2C1=O. The first-order valence-electron chi connectivity index (χ1n) is 8.14. The van der Waals surface area contributed by atoms with E-state index >= 15 is 0 Å². The Morgan fingerprint density at radius 2 is 2.12 bits per heavy atom. The summed E-state index contributed by atoms with van der Waals surface area (Å²) in [5, 5.41) is 0. The number of aromatic nitrogens is 1. The highest BCUT2D eigenvalue weighted by Gasteiger charge is 2.28. The number of nitrogens with zero attached hydrogens (tertiary/aromatic N) is 2. The van der Waals surface area contributed by atoms with Crippen LogP contribution >= 0.6 is 11.6 Å². The van der Waals surface area contributed by atoms with E-state index in [1.807, 2.05) is 41.3 Å². The molecule has 1 atom stereocenters. The minimum atomic E-state index is 0.0288. The smallest absolute Gasteiger partial charge is 0.256 e. The number of hydrogen-bond acceptors (Lipinski definition) is 3. The number of carbonyl (C=O) groups is 1. The summed E-state index contributed by atoms with van der Waals surface area (Å²) in [5.41, 5.74) is 2.58. The van der Waals surface area contributed by atoms with Gasteiger partial charge in [0, 0.05) is 30.7 Å². The highest BCUT2D eigenvalue weighted by Crippen LogP contribution is 2.26. The minimum Gasteiger partial charge on any atom is -0.496 e. The Kier molecular flexibility index (Phi) is 5.36. The van der Waals surface area contributed by atoms with Crippen molar-refractivity contribution in [3.8, 4) is 5.75 Å². The third-order valence-corrected chi connectivity index (χ3v) is 4.66. The van der Waals surface area contributed by atoms with Gasteiger partial charge < -0.3 is 9.64 Å². The maximum absolute atomic E-state index is 13.0. The van der Waals surface area contributed by atoms with Crippen molar-refractivity contribution >= 4 is 17.5 Å². The number of methoxy groups -OCH3 is 1. The van der Waals surface area contributed by atoms with Gasteiger partial charge in [0.15, 0.2) is 0 Å². The molecule has 2 aromatic rings. The van der Waals surface area contributed by atoms with Crippen molar-refractivity contribution in [1.29, 1.82) is 0 Å². The normalized spacial score (nSPS) is 17.3. The Morgan fingerprint density at radius 1 is 1.29 bits per heavy atom. The van der Waals surface area contributed by atoms with E-state index in [4.69, 9.17) is 16.3 Å². The Balaban J connectivity index is 1.92. The summed E-state index contributed by atoms with van der Waals surface area (Å²) in [7, 11) is 1.65. The predicted octanol–water partition coefficient (Wildman–Crippen LogP) is 3.53. The van der Waals surface area contributed by atoms with E-state index in [2.05, 4.69) is 4.98 Å². The molecule has 0 radical (unpaired) electrons. The fourth-order valence-electron chi connectivity index (χ4n) is 3.22. The molecule has 0 bridgehead atoms. The Morgan fingerprint density at radius 3 is 2.92 bits per heavy atom. The van der Waals surface area contributed by atoms with E-state index in [-0.39, 0.29) is 5.91 Å². The van der Waals surface area contributed by atoms with Crippen LogP contribution in [0, 0.1) is 5.92 Å². The van der Waals surface area contributed by atoms with Gasteiger partial charge in [-0.25, -0.2) is 0 Å². The molecule has 1 aromatic carbocycles. The van der Waals surface area contributed by atoms with Crippen LogP contribution in [-0.4, -0.2) is 35.3 Å². The number of carbonyl (C=O) groups excluding carboxylic acids is 1. The molecule has 0 spiro atoms. The van der Waals surface area contributed by atoms with Gasteiger partial charge in [-0.2, -0.15) is 0 Å². The summed E-state index contributed by atoms with van der Waals surface area (Å²) < 4.78 is 5.43. The summed E-state index contributed by atoms with van der Waals surface area (Å²) in [6.07, 6.45) is 3.41. The molecule has 2 heterocycles. The number of fused-ring (bicyclic) bond motifs is 1. The molecule has 0 saturated carbocycles. The number of benzene rings is 1. The molecule has 3 rings (SSSR count). The van der Waals surface area contributed by atoms with Gasteiger partial charge in [-0.1, -0.05) is 18.2 Å². The lowest BCUT2D eigenvalue weighted by molar-refractivity contribution is 0.0724. The number of para-hydroxylation sites is 1. The van der Waals surface area contributed by atoms with Crippen LogP contribution in [0.25, 0.3) is 0 Å². The summed E-state index contributed by atoms with van der Waals surface area (Å²) in [6.45, 7) is 1.20. The third-order valence-electron chi connectivity index (χ3n) is 4.44. The van der Waals surface area contributed by atoms with Gasteiger partial charge in [-0.05, 0) is 37.0 Å².